The van der Waals surface area contributed by atoms with E-state index in [1.165, 1.54) is 0 Å². The summed E-state index contributed by atoms with van der Waals surface area (Å²) in [5.41, 5.74) is 0. The summed E-state index contributed by atoms with van der Waals surface area (Å²) in [6, 6.07) is 7.76. The molecule has 0 unspecified atom stereocenters. The van der Waals surface area contributed by atoms with Gasteiger partial charge in [0.1, 0.15) is 0 Å². The van der Waals surface area contributed by atoms with E-state index in [4.69, 9.17) is 0 Å². The molecule has 0 saturated heterocycles. The molecule has 0 fully saturated rings. The van der Waals surface area contributed by atoms with Crippen molar-refractivity contribution in [2.45, 2.75) is 50.7 Å². The lowest BCUT2D eigenvalue weighted by Crippen LogP contribution is -2.45. The largest absolute Gasteiger partial charge is 0.391 e. The predicted octanol–water partition coefficient (Wildman–Crippen LogP) is 2.15. The Kier molecular flexibility index (Phi) is 5.97. The predicted molar refractivity (Wildman–Crippen MR) is 76.3 cm³/mol. The molecule has 4 nitrogen and oxygen atoms in total. The summed E-state index contributed by atoms with van der Waals surface area (Å²) in [4.78, 5) is 0.227. The van der Waals surface area contributed by atoms with Gasteiger partial charge < -0.3 is 5.11 Å². The first kappa shape index (κ1) is 16.1. The van der Waals surface area contributed by atoms with Crippen molar-refractivity contribution in [3.05, 3.63) is 30.3 Å². The molecule has 1 rings (SSSR count). The second kappa shape index (κ2) is 7.03. The number of hydrogen-bond acceptors (Lipinski definition) is 3. The van der Waals surface area contributed by atoms with Crippen molar-refractivity contribution in [1.29, 1.82) is 0 Å². The Morgan fingerprint density at radius 2 is 1.74 bits per heavy atom. The number of benzene rings is 1. The first-order valence-electron chi connectivity index (χ1n) is 6.67. The zero-order chi connectivity index (χ0) is 14.5. The van der Waals surface area contributed by atoms with Crippen molar-refractivity contribution in [1.82, 2.24) is 4.72 Å². The minimum absolute atomic E-state index is 0.0587. The summed E-state index contributed by atoms with van der Waals surface area (Å²) in [5.74, 6) is 0.0587. The Morgan fingerprint density at radius 3 is 2.21 bits per heavy atom. The molecule has 0 amide bonds. The van der Waals surface area contributed by atoms with E-state index < -0.39 is 22.2 Å². The molecule has 0 heterocycles. The van der Waals surface area contributed by atoms with E-state index in [0.29, 0.717) is 6.42 Å². The second-order valence-electron chi connectivity index (χ2n) is 4.83. The molecule has 1 aromatic carbocycles. The third kappa shape index (κ3) is 4.30. The van der Waals surface area contributed by atoms with Gasteiger partial charge in [-0.2, -0.15) is 0 Å². The van der Waals surface area contributed by atoms with E-state index in [1.807, 2.05) is 20.8 Å². The van der Waals surface area contributed by atoms with Crippen LogP contribution in [0.4, 0.5) is 0 Å². The average Bonchev–Trinajstić information content (AvgIpc) is 2.44. The molecule has 0 radical (unpaired) electrons. The molecule has 2 N–H and O–H groups in total. The average molecular weight is 285 g/mol. The van der Waals surface area contributed by atoms with Gasteiger partial charge in [-0.1, -0.05) is 45.4 Å². The molecule has 0 saturated carbocycles. The van der Waals surface area contributed by atoms with Crippen LogP contribution >= 0.6 is 0 Å². The van der Waals surface area contributed by atoms with Crippen LogP contribution in [0.25, 0.3) is 0 Å². The Bertz CT molecular complexity index is 473. The highest BCUT2D eigenvalue weighted by Gasteiger charge is 2.27. The number of rotatable bonds is 7. The van der Waals surface area contributed by atoms with E-state index >= 15 is 0 Å². The monoisotopic (exact) mass is 285 g/mol. The van der Waals surface area contributed by atoms with Gasteiger partial charge in [0, 0.05) is 6.04 Å². The first-order chi connectivity index (χ1) is 8.92. The van der Waals surface area contributed by atoms with Crippen LogP contribution in [-0.4, -0.2) is 25.7 Å². The normalized spacial score (nSPS) is 16.8. The number of aliphatic hydroxyl groups is 1. The number of hydrogen-bond donors (Lipinski definition) is 2. The number of aliphatic hydroxyl groups excluding tert-OH is 1. The maximum atomic E-state index is 12.2. The fourth-order valence-electron chi connectivity index (χ4n) is 1.90. The Labute approximate surface area is 115 Å². The van der Waals surface area contributed by atoms with E-state index in [9.17, 15) is 13.5 Å². The standard InChI is InChI=1S/C14H23NO3S/c1-4-11(3)14(16)13(5-2)15-19(17,18)12-9-7-6-8-10-12/h6-11,13-16H,4-5H2,1-3H3/t11-,13+,14+/m0/s1. The summed E-state index contributed by atoms with van der Waals surface area (Å²) in [7, 11) is -3.57. The summed E-state index contributed by atoms with van der Waals surface area (Å²) in [6.07, 6.45) is 0.691. The maximum Gasteiger partial charge on any atom is 0.240 e. The lowest BCUT2D eigenvalue weighted by atomic mass is 9.95. The highest BCUT2D eigenvalue weighted by molar-refractivity contribution is 7.89. The fourth-order valence-corrected chi connectivity index (χ4v) is 3.26. The van der Waals surface area contributed by atoms with Crippen LogP contribution in [0.5, 0.6) is 0 Å². The van der Waals surface area contributed by atoms with Crippen LogP contribution in [0, 0.1) is 5.92 Å². The van der Waals surface area contributed by atoms with Crippen molar-refractivity contribution in [3.63, 3.8) is 0 Å². The molecule has 5 heteroatoms. The van der Waals surface area contributed by atoms with Gasteiger partial charge in [0.2, 0.25) is 10.0 Å². The Hall–Kier alpha value is -0.910. The molecule has 19 heavy (non-hydrogen) atoms. The van der Waals surface area contributed by atoms with Gasteiger partial charge in [-0.25, -0.2) is 13.1 Å². The Balaban J connectivity index is 2.87. The molecule has 108 valence electrons. The maximum absolute atomic E-state index is 12.2. The smallest absolute Gasteiger partial charge is 0.240 e. The molecule has 0 bridgehead atoms. The first-order valence-corrected chi connectivity index (χ1v) is 8.16. The van der Waals surface area contributed by atoms with Crippen molar-refractivity contribution < 1.29 is 13.5 Å². The van der Waals surface area contributed by atoms with Crippen LogP contribution in [0.2, 0.25) is 0 Å². The van der Waals surface area contributed by atoms with Gasteiger partial charge in [0.25, 0.3) is 0 Å². The van der Waals surface area contributed by atoms with Gasteiger partial charge in [-0.15, -0.1) is 0 Å². The van der Waals surface area contributed by atoms with E-state index in [0.717, 1.165) is 6.42 Å². The highest BCUT2D eigenvalue weighted by Crippen LogP contribution is 2.16. The molecule has 1 aromatic rings. The molecular weight excluding hydrogens is 262 g/mol. The van der Waals surface area contributed by atoms with Gasteiger partial charge in [-0.3, -0.25) is 0 Å². The summed E-state index contributed by atoms with van der Waals surface area (Å²) in [5, 5.41) is 10.2. The lowest BCUT2D eigenvalue weighted by molar-refractivity contribution is 0.0808. The summed E-state index contributed by atoms with van der Waals surface area (Å²) in [6.45, 7) is 5.76. The van der Waals surface area contributed by atoms with Crippen molar-refractivity contribution in [2.75, 3.05) is 0 Å². The number of sulfonamides is 1. The van der Waals surface area contributed by atoms with Crippen LogP contribution in [0.1, 0.15) is 33.6 Å². The van der Waals surface area contributed by atoms with Crippen molar-refractivity contribution in [2.24, 2.45) is 5.92 Å². The van der Waals surface area contributed by atoms with Gasteiger partial charge >= 0.3 is 0 Å². The quantitative estimate of drug-likeness (QED) is 0.806. The zero-order valence-electron chi connectivity index (χ0n) is 11.7. The molecule has 0 aliphatic heterocycles. The van der Waals surface area contributed by atoms with E-state index in [1.54, 1.807) is 30.3 Å². The van der Waals surface area contributed by atoms with Crippen LogP contribution in [0.15, 0.2) is 35.2 Å². The molecule has 0 spiro atoms. The van der Waals surface area contributed by atoms with Crippen molar-refractivity contribution >= 4 is 10.0 Å². The van der Waals surface area contributed by atoms with Crippen molar-refractivity contribution in [3.8, 4) is 0 Å². The van der Waals surface area contributed by atoms with Gasteiger partial charge in [0.15, 0.2) is 0 Å². The molecule has 0 aliphatic rings. The minimum atomic E-state index is -3.57. The lowest BCUT2D eigenvalue weighted by Gasteiger charge is -2.26. The van der Waals surface area contributed by atoms with E-state index in [-0.39, 0.29) is 10.8 Å². The third-order valence-electron chi connectivity index (χ3n) is 3.44. The fraction of sp³-hybridized carbons (Fsp3) is 0.571. The van der Waals surface area contributed by atoms with Gasteiger partial charge in [0.05, 0.1) is 11.0 Å². The third-order valence-corrected chi connectivity index (χ3v) is 4.94. The van der Waals surface area contributed by atoms with Gasteiger partial charge in [-0.05, 0) is 24.5 Å². The SMILES string of the molecule is CC[C@H](C)[C@@H](O)[C@@H](CC)NS(=O)(=O)c1ccccc1. The minimum Gasteiger partial charge on any atom is -0.391 e. The second-order valence-corrected chi connectivity index (χ2v) is 6.54. The zero-order valence-corrected chi connectivity index (χ0v) is 12.5. The van der Waals surface area contributed by atoms with Crippen LogP contribution < -0.4 is 4.72 Å². The molecule has 3 atom stereocenters. The number of nitrogens with one attached hydrogen (secondary N) is 1. The van der Waals surface area contributed by atoms with Crippen LogP contribution in [0.3, 0.4) is 0 Å². The molecule has 0 aliphatic carbocycles. The molecule has 0 aromatic heterocycles. The topological polar surface area (TPSA) is 66.4 Å². The highest BCUT2D eigenvalue weighted by atomic mass is 32.2. The van der Waals surface area contributed by atoms with E-state index in [2.05, 4.69) is 4.72 Å². The van der Waals surface area contributed by atoms with Crippen LogP contribution in [-0.2, 0) is 10.0 Å². The molecular formula is C14H23NO3S. The summed E-state index contributed by atoms with van der Waals surface area (Å²) >= 11 is 0. The Morgan fingerprint density at radius 1 is 1.16 bits per heavy atom. The summed E-state index contributed by atoms with van der Waals surface area (Å²) < 4.78 is 27.0.